The minimum atomic E-state index is -0.359. The van der Waals surface area contributed by atoms with Crippen molar-refractivity contribution in [2.45, 2.75) is 12.5 Å². The van der Waals surface area contributed by atoms with Crippen molar-refractivity contribution < 1.29 is 28.5 Å². The van der Waals surface area contributed by atoms with Crippen LogP contribution in [0.5, 0.6) is 28.7 Å². The van der Waals surface area contributed by atoms with Crippen LogP contribution in [-0.4, -0.2) is 52.9 Å². The fourth-order valence-electron chi connectivity index (χ4n) is 4.47. The Kier molecular flexibility index (Phi) is 6.82. The van der Waals surface area contributed by atoms with Gasteiger partial charge in [0.2, 0.25) is 0 Å². The fraction of sp³-hybridized carbons (Fsp3) is 0.296. The molecule has 7 nitrogen and oxygen atoms in total. The molecule has 4 rings (SSSR count). The van der Waals surface area contributed by atoms with Crippen molar-refractivity contribution in [3.05, 3.63) is 76.9 Å². The number of hydrogen-bond acceptors (Lipinski definition) is 6. The Morgan fingerprint density at radius 1 is 0.765 bits per heavy atom. The molecule has 7 heteroatoms. The summed E-state index contributed by atoms with van der Waals surface area (Å²) in [5, 5.41) is 0. The Morgan fingerprint density at radius 2 is 1.44 bits per heavy atom. The Morgan fingerprint density at radius 3 is 2.12 bits per heavy atom. The van der Waals surface area contributed by atoms with Gasteiger partial charge in [-0.05, 0) is 65.6 Å². The van der Waals surface area contributed by atoms with E-state index in [0.29, 0.717) is 47.3 Å². The number of benzene rings is 3. The summed E-state index contributed by atoms with van der Waals surface area (Å²) < 4.78 is 27.4. The smallest absolute Gasteiger partial charge is 0.254 e. The Hall–Kier alpha value is -3.87. The number of rotatable bonds is 7. The van der Waals surface area contributed by atoms with Crippen molar-refractivity contribution in [3.8, 4) is 28.7 Å². The Labute approximate surface area is 199 Å². The molecule has 0 unspecified atom stereocenters. The SMILES string of the molecule is COc1cccc(C(=O)N2CCc3cc(OC)c(OC)cc3[C@@H]2c2ccc(OC)c(OC)c2)c1. The van der Waals surface area contributed by atoms with Gasteiger partial charge in [-0.2, -0.15) is 0 Å². The van der Waals surface area contributed by atoms with Crippen LogP contribution < -0.4 is 23.7 Å². The van der Waals surface area contributed by atoms with E-state index in [9.17, 15) is 4.79 Å². The maximum Gasteiger partial charge on any atom is 0.254 e. The first-order valence-electron chi connectivity index (χ1n) is 11.0. The van der Waals surface area contributed by atoms with E-state index in [1.54, 1.807) is 47.7 Å². The van der Waals surface area contributed by atoms with Crippen molar-refractivity contribution in [2.75, 3.05) is 42.1 Å². The predicted molar refractivity (Wildman–Crippen MR) is 129 cm³/mol. The monoisotopic (exact) mass is 463 g/mol. The summed E-state index contributed by atoms with van der Waals surface area (Å²) in [6, 6.07) is 16.5. The second kappa shape index (κ2) is 9.95. The van der Waals surface area contributed by atoms with E-state index in [4.69, 9.17) is 23.7 Å². The van der Waals surface area contributed by atoms with Gasteiger partial charge in [0.15, 0.2) is 23.0 Å². The van der Waals surface area contributed by atoms with Gasteiger partial charge in [-0.3, -0.25) is 4.79 Å². The first-order chi connectivity index (χ1) is 16.5. The van der Waals surface area contributed by atoms with E-state index in [0.717, 1.165) is 16.7 Å². The van der Waals surface area contributed by atoms with Gasteiger partial charge >= 0.3 is 0 Å². The van der Waals surface area contributed by atoms with Gasteiger partial charge in [-0.25, -0.2) is 0 Å². The first kappa shape index (κ1) is 23.3. The van der Waals surface area contributed by atoms with E-state index in [1.807, 2.05) is 47.4 Å². The summed E-state index contributed by atoms with van der Waals surface area (Å²) in [5.74, 6) is 3.06. The third-order valence-electron chi connectivity index (χ3n) is 6.17. The number of ether oxygens (including phenoxy) is 5. The van der Waals surface area contributed by atoms with Crippen molar-refractivity contribution in [3.63, 3.8) is 0 Å². The molecule has 0 radical (unpaired) electrons. The molecule has 3 aromatic rings. The molecule has 0 saturated heterocycles. The third-order valence-corrected chi connectivity index (χ3v) is 6.17. The molecule has 1 heterocycles. The molecule has 0 aliphatic carbocycles. The molecule has 1 aliphatic rings. The summed E-state index contributed by atoms with van der Waals surface area (Å²) in [5.41, 5.74) is 3.55. The van der Waals surface area contributed by atoms with Gasteiger partial charge in [0.1, 0.15) is 5.75 Å². The number of carbonyl (C=O) groups is 1. The highest BCUT2D eigenvalue weighted by molar-refractivity contribution is 5.95. The molecular weight excluding hydrogens is 434 g/mol. The van der Waals surface area contributed by atoms with Crippen molar-refractivity contribution >= 4 is 5.91 Å². The molecule has 34 heavy (non-hydrogen) atoms. The van der Waals surface area contributed by atoms with E-state index in [1.165, 1.54) is 0 Å². The van der Waals surface area contributed by atoms with E-state index >= 15 is 0 Å². The molecule has 178 valence electrons. The van der Waals surface area contributed by atoms with Crippen LogP contribution in [0.4, 0.5) is 0 Å². The zero-order valence-corrected chi connectivity index (χ0v) is 20.1. The van der Waals surface area contributed by atoms with Crippen molar-refractivity contribution in [1.82, 2.24) is 4.90 Å². The maximum absolute atomic E-state index is 13.8. The second-order valence-electron chi connectivity index (χ2n) is 7.90. The number of hydrogen-bond donors (Lipinski definition) is 0. The van der Waals surface area contributed by atoms with Crippen LogP contribution in [0, 0.1) is 0 Å². The molecule has 1 amide bonds. The van der Waals surface area contributed by atoms with Gasteiger partial charge in [0.05, 0.1) is 41.6 Å². The van der Waals surface area contributed by atoms with Crippen molar-refractivity contribution in [1.29, 1.82) is 0 Å². The van der Waals surface area contributed by atoms with E-state index < -0.39 is 0 Å². The lowest BCUT2D eigenvalue weighted by molar-refractivity contribution is 0.0693. The highest BCUT2D eigenvalue weighted by atomic mass is 16.5. The molecule has 1 atom stereocenters. The van der Waals surface area contributed by atoms with E-state index in [2.05, 4.69) is 0 Å². The molecule has 0 saturated carbocycles. The Bertz CT molecular complexity index is 1190. The van der Waals surface area contributed by atoms with Gasteiger partial charge in [0, 0.05) is 12.1 Å². The van der Waals surface area contributed by atoms with Gasteiger partial charge in [-0.15, -0.1) is 0 Å². The summed E-state index contributed by atoms with van der Waals surface area (Å²) >= 11 is 0. The predicted octanol–water partition coefficient (Wildman–Crippen LogP) is 4.52. The quantitative estimate of drug-likeness (QED) is 0.513. The van der Waals surface area contributed by atoms with Crippen molar-refractivity contribution in [2.24, 2.45) is 0 Å². The lowest BCUT2D eigenvalue weighted by atomic mass is 9.87. The minimum absolute atomic E-state index is 0.0841. The van der Waals surface area contributed by atoms with Crippen LogP contribution >= 0.6 is 0 Å². The fourth-order valence-corrected chi connectivity index (χ4v) is 4.47. The zero-order chi connectivity index (χ0) is 24.2. The zero-order valence-electron chi connectivity index (χ0n) is 20.1. The highest BCUT2D eigenvalue weighted by Crippen LogP contribution is 2.43. The number of fused-ring (bicyclic) bond motifs is 1. The summed E-state index contributed by atoms with van der Waals surface area (Å²) in [4.78, 5) is 15.7. The first-order valence-corrected chi connectivity index (χ1v) is 11.0. The minimum Gasteiger partial charge on any atom is -0.497 e. The summed E-state index contributed by atoms with van der Waals surface area (Å²) in [6.45, 7) is 0.539. The Balaban J connectivity index is 1.87. The average Bonchev–Trinajstić information content (AvgIpc) is 2.90. The van der Waals surface area contributed by atoms with Gasteiger partial charge in [-0.1, -0.05) is 12.1 Å². The summed E-state index contributed by atoms with van der Waals surface area (Å²) in [6.07, 6.45) is 0.690. The molecular formula is C27H29NO6. The van der Waals surface area contributed by atoms with Crippen LogP contribution in [0.3, 0.4) is 0 Å². The maximum atomic E-state index is 13.8. The average molecular weight is 464 g/mol. The number of nitrogens with zero attached hydrogens (tertiary/aromatic N) is 1. The molecule has 1 aliphatic heterocycles. The largest absolute Gasteiger partial charge is 0.497 e. The second-order valence-corrected chi connectivity index (χ2v) is 7.90. The lowest BCUT2D eigenvalue weighted by Crippen LogP contribution is -2.40. The van der Waals surface area contributed by atoms with Crippen LogP contribution in [0.15, 0.2) is 54.6 Å². The van der Waals surface area contributed by atoms with Crippen LogP contribution in [0.2, 0.25) is 0 Å². The molecule has 0 fully saturated rings. The molecule has 3 aromatic carbocycles. The topological polar surface area (TPSA) is 66.5 Å². The van der Waals surface area contributed by atoms with Gasteiger partial charge in [0.25, 0.3) is 5.91 Å². The standard InChI is InChI=1S/C27H29NO6/c1-30-20-8-6-7-19(13-20)27(29)28-12-11-17-14-24(33-4)25(34-5)16-21(17)26(28)18-9-10-22(31-2)23(15-18)32-3/h6-10,13-16,26H,11-12H2,1-5H3/t26-/m0/s1. The number of methoxy groups -OCH3 is 5. The van der Waals surface area contributed by atoms with Crippen LogP contribution in [0.1, 0.15) is 33.1 Å². The van der Waals surface area contributed by atoms with Crippen LogP contribution in [0.25, 0.3) is 0 Å². The van der Waals surface area contributed by atoms with Crippen LogP contribution in [-0.2, 0) is 6.42 Å². The normalized spacial score (nSPS) is 14.7. The number of carbonyl (C=O) groups excluding carboxylic acids is 1. The van der Waals surface area contributed by atoms with E-state index in [-0.39, 0.29) is 11.9 Å². The molecule has 0 spiro atoms. The molecule has 0 N–H and O–H groups in total. The summed E-state index contributed by atoms with van der Waals surface area (Å²) in [7, 11) is 8.02. The highest BCUT2D eigenvalue weighted by Gasteiger charge is 2.34. The number of amides is 1. The molecule has 0 bridgehead atoms. The third kappa shape index (κ3) is 4.21. The lowest BCUT2D eigenvalue weighted by Gasteiger charge is -2.38. The molecule has 0 aromatic heterocycles. The van der Waals surface area contributed by atoms with Gasteiger partial charge < -0.3 is 28.6 Å².